The van der Waals surface area contributed by atoms with Crippen molar-refractivity contribution in [3.63, 3.8) is 0 Å². The van der Waals surface area contributed by atoms with Crippen LogP contribution in [-0.2, 0) is 6.18 Å². The molecule has 1 aliphatic heterocycles. The molecule has 1 saturated heterocycles. The SMILES string of the molecule is FC1(F)CN(c2c(Br)cccc2C(F)(F)F)C1. The predicted molar refractivity (Wildman–Crippen MR) is 56.3 cm³/mol. The minimum absolute atomic E-state index is 0.169. The third-order valence-electron chi connectivity index (χ3n) is 2.45. The van der Waals surface area contributed by atoms with Gasteiger partial charge in [-0.05, 0) is 28.1 Å². The Balaban J connectivity index is 2.40. The number of para-hydroxylation sites is 1. The predicted octanol–water partition coefficient (Wildman–Crippen LogP) is 3.92. The standard InChI is InChI=1S/C10H7BrF5N/c11-7-3-1-2-6(10(14,15)16)8(7)17-4-9(12,13)5-17/h1-3H,4-5H2. The molecule has 0 unspecified atom stereocenters. The molecule has 1 aliphatic rings. The lowest BCUT2D eigenvalue weighted by atomic mass is 10.1. The van der Waals surface area contributed by atoms with Crippen LogP contribution in [0.2, 0.25) is 0 Å². The summed E-state index contributed by atoms with van der Waals surface area (Å²) < 4.78 is 63.7. The Morgan fingerprint density at radius 2 is 1.76 bits per heavy atom. The molecule has 0 bridgehead atoms. The lowest BCUT2D eigenvalue weighted by Crippen LogP contribution is -2.57. The first kappa shape index (κ1) is 12.6. The van der Waals surface area contributed by atoms with Gasteiger partial charge in [0.15, 0.2) is 0 Å². The summed E-state index contributed by atoms with van der Waals surface area (Å²) in [5.74, 6) is -2.90. The van der Waals surface area contributed by atoms with Crippen LogP contribution >= 0.6 is 15.9 Å². The normalized spacial score (nSPS) is 19.1. The van der Waals surface area contributed by atoms with E-state index in [-0.39, 0.29) is 10.2 Å². The molecule has 1 aromatic carbocycles. The summed E-state index contributed by atoms with van der Waals surface area (Å²) in [5.41, 5.74) is -1.12. The van der Waals surface area contributed by atoms with Crippen molar-refractivity contribution in [3.8, 4) is 0 Å². The second kappa shape index (κ2) is 3.83. The Labute approximate surface area is 102 Å². The van der Waals surface area contributed by atoms with Crippen LogP contribution in [0.25, 0.3) is 0 Å². The lowest BCUT2D eigenvalue weighted by molar-refractivity contribution is -0.137. The Bertz CT molecular complexity index is 435. The summed E-state index contributed by atoms with van der Waals surface area (Å²) in [5, 5.41) is 0. The first-order chi connectivity index (χ1) is 7.71. The maximum absolute atomic E-state index is 12.7. The summed E-state index contributed by atoms with van der Waals surface area (Å²) in [6.45, 7) is -1.36. The molecule has 1 fully saturated rings. The number of hydrogen-bond donors (Lipinski definition) is 0. The summed E-state index contributed by atoms with van der Waals surface area (Å²) in [4.78, 5) is 1.02. The van der Waals surface area contributed by atoms with Crippen molar-refractivity contribution < 1.29 is 22.0 Å². The maximum atomic E-state index is 12.7. The van der Waals surface area contributed by atoms with Gasteiger partial charge >= 0.3 is 6.18 Å². The van der Waals surface area contributed by atoms with Gasteiger partial charge in [0.1, 0.15) is 0 Å². The average molecular weight is 316 g/mol. The number of hydrogen-bond acceptors (Lipinski definition) is 1. The molecule has 1 nitrogen and oxygen atoms in total. The second-order valence-electron chi connectivity index (χ2n) is 3.85. The van der Waals surface area contributed by atoms with E-state index < -0.39 is 30.8 Å². The third-order valence-corrected chi connectivity index (χ3v) is 3.09. The third kappa shape index (κ3) is 2.38. The molecule has 0 radical (unpaired) electrons. The fraction of sp³-hybridized carbons (Fsp3) is 0.400. The Hall–Kier alpha value is -0.850. The molecular formula is C10H7BrF5N. The molecule has 0 saturated carbocycles. The molecule has 7 heteroatoms. The van der Waals surface area contributed by atoms with Crippen LogP contribution in [0.3, 0.4) is 0 Å². The van der Waals surface area contributed by atoms with E-state index in [1.54, 1.807) is 0 Å². The largest absolute Gasteiger partial charge is 0.418 e. The zero-order valence-corrected chi connectivity index (χ0v) is 9.95. The molecule has 0 amide bonds. The van der Waals surface area contributed by atoms with Crippen molar-refractivity contribution in [1.29, 1.82) is 0 Å². The van der Waals surface area contributed by atoms with Crippen LogP contribution in [-0.4, -0.2) is 19.0 Å². The molecule has 1 heterocycles. The van der Waals surface area contributed by atoms with E-state index in [4.69, 9.17) is 0 Å². The molecule has 0 aromatic heterocycles. The minimum atomic E-state index is -4.55. The van der Waals surface area contributed by atoms with E-state index in [1.807, 2.05) is 0 Å². The highest BCUT2D eigenvalue weighted by Crippen LogP contribution is 2.44. The highest BCUT2D eigenvalue weighted by molar-refractivity contribution is 9.10. The van der Waals surface area contributed by atoms with Crippen LogP contribution in [0.15, 0.2) is 22.7 Å². The van der Waals surface area contributed by atoms with Crippen molar-refractivity contribution in [3.05, 3.63) is 28.2 Å². The highest BCUT2D eigenvalue weighted by Gasteiger charge is 2.47. The fourth-order valence-corrected chi connectivity index (χ4v) is 2.35. The van der Waals surface area contributed by atoms with E-state index in [0.29, 0.717) is 0 Å². The van der Waals surface area contributed by atoms with Crippen molar-refractivity contribution in [1.82, 2.24) is 0 Å². The van der Waals surface area contributed by atoms with Gasteiger partial charge < -0.3 is 4.90 Å². The monoisotopic (exact) mass is 315 g/mol. The highest BCUT2D eigenvalue weighted by atomic mass is 79.9. The van der Waals surface area contributed by atoms with Gasteiger partial charge in [0.05, 0.1) is 24.3 Å². The van der Waals surface area contributed by atoms with E-state index in [0.717, 1.165) is 11.0 Å². The van der Waals surface area contributed by atoms with E-state index in [1.165, 1.54) is 12.1 Å². The molecule has 0 atom stereocenters. The number of anilines is 1. The van der Waals surface area contributed by atoms with Crippen LogP contribution in [0.4, 0.5) is 27.6 Å². The van der Waals surface area contributed by atoms with Gasteiger partial charge in [-0.2, -0.15) is 13.2 Å². The van der Waals surface area contributed by atoms with Gasteiger partial charge in [0.25, 0.3) is 5.92 Å². The van der Waals surface area contributed by atoms with Gasteiger partial charge in [0.2, 0.25) is 0 Å². The topological polar surface area (TPSA) is 3.24 Å². The smallest absolute Gasteiger partial charge is 0.358 e. The van der Waals surface area contributed by atoms with Crippen molar-refractivity contribution in [2.75, 3.05) is 18.0 Å². The van der Waals surface area contributed by atoms with E-state index >= 15 is 0 Å². The van der Waals surface area contributed by atoms with Gasteiger partial charge in [-0.1, -0.05) is 6.07 Å². The van der Waals surface area contributed by atoms with Crippen LogP contribution in [0.5, 0.6) is 0 Å². The zero-order valence-electron chi connectivity index (χ0n) is 8.36. The summed E-state index contributed by atoms with van der Waals surface area (Å²) in [6.07, 6.45) is -4.55. The quantitative estimate of drug-likeness (QED) is 0.710. The van der Waals surface area contributed by atoms with E-state index in [2.05, 4.69) is 15.9 Å². The van der Waals surface area contributed by atoms with Crippen LogP contribution < -0.4 is 4.90 Å². The fourth-order valence-electron chi connectivity index (χ4n) is 1.74. The van der Waals surface area contributed by atoms with Gasteiger partial charge in [-0.15, -0.1) is 0 Å². The second-order valence-corrected chi connectivity index (χ2v) is 4.70. The summed E-state index contributed by atoms with van der Waals surface area (Å²) >= 11 is 2.97. The van der Waals surface area contributed by atoms with Gasteiger partial charge in [0, 0.05) is 4.47 Å². The Morgan fingerprint density at radius 1 is 1.18 bits per heavy atom. The molecule has 17 heavy (non-hydrogen) atoms. The molecule has 0 spiro atoms. The number of rotatable bonds is 1. The summed E-state index contributed by atoms with van der Waals surface area (Å²) in [6, 6.07) is 3.52. The maximum Gasteiger partial charge on any atom is 0.418 e. The van der Waals surface area contributed by atoms with Crippen molar-refractivity contribution >= 4 is 21.6 Å². The molecule has 94 valence electrons. The zero-order chi connectivity index (χ0) is 12.8. The molecule has 1 aromatic rings. The lowest BCUT2D eigenvalue weighted by Gasteiger charge is -2.42. The molecule has 2 rings (SSSR count). The first-order valence-corrected chi connectivity index (χ1v) is 5.48. The number of halogens is 6. The number of alkyl halides is 5. The van der Waals surface area contributed by atoms with Crippen LogP contribution in [0, 0.1) is 0 Å². The van der Waals surface area contributed by atoms with E-state index in [9.17, 15) is 22.0 Å². The molecule has 0 aliphatic carbocycles. The van der Waals surface area contributed by atoms with Gasteiger partial charge in [-0.25, -0.2) is 8.78 Å². The minimum Gasteiger partial charge on any atom is -0.358 e. The average Bonchev–Trinajstić information content (AvgIpc) is 2.12. The summed E-state index contributed by atoms with van der Waals surface area (Å²) in [7, 11) is 0. The first-order valence-electron chi connectivity index (χ1n) is 4.69. The molecular weight excluding hydrogens is 309 g/mol. The molecule has 0 N–H and O–H groups in total. The van der Waals surface area contributed by atoms with Crippen molar-refractivity contribution in [2.24, 2.45) is 0 Å². The Morgan fingerprint density at radius 3 is 2.24 bits per heavy atom. The number of benzene rings is 1. The van der Waals surface area contributed by atoms with Crippen LogP contribution in [0.1, 0.15) is 5.56 Å². The van der Waals surface area contributed by atoms with Gasteiger partial charge in [-0.3, -0.25) is 0 Å². The number of nitrogens with zero attached hydrogens (tertiary/aromatic N) is 1. The van der Waals surface area contributed by atoms with Crippen molar-refractivity contribution in [2.45, 2.75) is 12.1 Å². The Kier molecular flexibility index (Phi) is 2.84.